The van der Waals surface area contributed by atoms with Crippen LogP contribution < -0.4 is 11.1 Å². The van der Waals surface area contributed by atoms with E-state index in [-0.39, 0.29) is 5.82 Å². The number of nitrogens with one attached hydrogen (secondary N) is 1. The summed E-state index contributed by atoms with van der Waals surface area (Å²) in [6.45, 7) is 0. The van der Waals surface area contributed by atoms with Gasteiger partial charge in [0, 0.05) is 20.3 Å². The summed E-state index contributed by atoms with van der Waals surface area (Å²) >= 11 is 0. The van der Waals surface area contributed by atoms with E-state index < -0.39 is 5.91 Å². The Bertz CT molecular complexity index is 278. The lowest BCUT2D eigenvalue weighted by Gasteiger charge is -1.91. The smallest absolute Gasteiger partial charge is 0.284 e. The third-order valence-corrected chi connectivity index (χ3v) is 1.35. The zero-order valence-electron chi connectivity index (χ0n) is 6.46. The highest BCUT2D eigenvalue weighted by molar-refractivity contribution is 5.89. The van der Waals surface area contributed by atoms with Gasteiger partial charge in [-0.1, -0.05) is 0 Å². The maximum absolute atomic E-state index is 10.7. The number of aromatic nitrogens is 2. The highest BCUT2D eigenvalue weighted by Gasteiger charge is 2.08. The van der Waals surface area contributed by atoms with Crippen molar-refractivity contribution in [1.82, 2.24) is 9.55 Å². The van der Waals surface area contributed by atoms with Gasteiger partial charge in [-0.05, 0) is 0 Å². The van der Waals surface area contributed by atoms with Crippen molar-refractivity contribution in [1.29, 1.82) is 0 Å². The van der Waals surface area contributed by atoms with Gasteiger partial charge < -0.3 is 15.6 Å². The standard InChI is InChI=1S/C6H10N4O/c1-8-4-3-10(2)6(9-4)5(7)11/h3,8H,1-2H3,(H2,7,11). The van der Waals surface area contributed by atoms with Crippen LogP contribution in [0.3, 0.4) is 0 Å². The summed E-state index contributed by atoms with van der Waals surface area (Å²) in [5.41, 5.74) is 5.03. The predicted octanol–water partition coefficient (Wildman–Crippen LogP) is -0.439. The molecule has 0 spiro atoms. The number of anilines is 1. The molecule has 5 nitrogen and oxygen atoms in total. The molecule has 5 heteroatoms. The van der Waals surface area contributed by atoms with E-state index in [1.807, 2.05) is 0 Å². The van der Waals surface area contributed by atoms with Crippen molar-refractivity contribution < 1.29 is 4.79 Å². The lowest BCUT2D eigenvalue weighted by molar-refractivity contribution is 0.0987. The Hall–Kier alpha value is -1.52. The lowest BCUT2D eigenvalue weighted by atomic mass is 10.6. The second kappa shape index (κ2) is 2.61. The third-order valence-electron chi connectivity index (χ3n) is 1.35. The largest absolute Gasteiger partial charge is 0.372 e. The normalized spacial score (nSPS) is 9.64. The van der Waals surface area contributed by atoms with Crippen molar-refractivity contribution in [2.45, 2.75) is 0 Å². The predicted molar refractivity (Wildman–Crippen MR) is 41.3 cm³/mol. The Labute approximate surface area is 64.2 Å². The van der Waals surface area contributed by atoms with Crippen LogP contribution in [0.1, 0.15) is 10.6 Å². The van der Waals surface area contributed by atoms with Crippen molar-refractivity contribution in [2.75, 3.05) is 12.4 Å². The van der Waals surface area contributed by atoms with Crippen LogP contribution in [0.5, 0.6) is 0 Å². The minimum absolute atomic E-state index is 0.259. The zero-order valence-corrected chi connectivity index (χ0v) is 6.46. The molecular formula is C6H10N4O. The van der Waals surface area contributed by atoms with Crippen LogP contribution in [0.4, 0.5) is 5.82 Å². The fourth-order valence-electron chi connectivity index (χ4n) is 0.816. The highest BCUT2D eigenvalue weighted by Crippen LogP contribution is 2.04. The molecule has 11 heavy (non-hydrogen) atoms. The number of carbonyl (C=O) groups is 1. The van der Waals surface area contributed by atoms with Gasteiger partial charge >= 0.3 is 0 Å². The first-order valence-corrected chi connectivity index (χ1v) is 3.16. The number of carbonyl (C=O) groups excluding carboxylic acids is 1. The van der Waals surface area contributed by atoms with Crippen molar-refractivity contribution in [3.05, 3.63) is 12.0 Å². The molecule has 0 radical (unpaired) electrons. The second-order valence-electron chi connectivity index (χ2n) is 2.17. The molecule has 0 saturated carbocycles. The van der Waals surface area contributed by atoms with Gasteiger partial charge in [-0.25, -0.2) is 4.98 Å². The number of hydrogen-bond acceptors (Lipinski definition) is 3. The fourth-order valence-corrected chi connectivity index (χ4v) is 0.816. The van der Waals surface area contributed by atoms with Crippen molar-refractivity contribution in [3.8, 4) is 0 Å². The molecule has 0 unspecified atom stereocenters. The molecule has 0 saturated heterocycles. The van der Waals surface area contributed by atoms with Crippen LogP contribution in [0, 0.1) is 0 Å². The van der Waals surface area contributed by atoms with Crippen molar-refractivity contribution in [2.24, 2.45) is 12.8 Å². The van der Waals surface area contributed by atoms with E-state index in [2.05, 4.69) is 10.3 Å². The number of imidazole rings is 1. The second-order valence-corrected chi connectivity index (χ2v) is 2.17. The molecule has 60 valence electrons. The van der Waals surface area contributed by atoms with Gasteiger partial charge in [0.25, 0.3) is 5.91 Å². The summed E-state index contributed by atoms with van der Waals surface area (Å²) < 4.78 is 1.58. The molecule has 0 aliphatic rings. The maximum Gasteiger partial charge on any atom is 0.284 e. The van der Waals surface area contributed by atoms with E-state index in [1.54, 1.807) is 24.9 Å². The number of primary amides is 1. The first-order valence-electron chi connectivity index (χ1n) is 3.16. The number of rotatable bonds is 2. The summed E-state index contributed by atoms with van der Waals surface area (Å²) in [7, 11) is 3.45. The van der Waals surface area contributed by atoms with Crippen molar-refractivity contribution >= 4 is 11.7 Å². The molecule has 1 aromatic heterocycles. The van der Waals surface area contributed by atoms with Gasteiger partial charge in [0.05, 0.1) is 0 Å². The Balaban J connectivity index is 3.07. The first-order chi connectivity index (χ1) is 5.15. The molecule has 0 aliphatic heterocycles. The highest BCUT2D eigenvalue weighted by atomic mass is 16.1. The van der Waals surface area contributed by atoms with Gasteiger partial charge in [-0.2, -0.15) is 0 Å². The SMILES string of the molecule is CNc1cn(C)c(C(N)=O)n1. The Morgan fingerprint density at radius 3 is 2.73 bits per heavy atom. The summed E-state index contributed by atoms with van der Waals surface area (Å²) in [5, 5.41) is 2.80. The van der Waals surface area contributed by atoms with E-state index in [0.29, 0.717) is 5.82 Å². The van der Waals surface area contributed by atoms with Gasteiger partial charge in [0.2, 0.25) is 5.82 Å². The third kappa shape index (κ3) is 1.31. The molecule has 0 bridgehead atoms. The van der Waals surface area contributed by atoms with E-state index in [4.69, 9.17) is 5.73 Å². The molecule has 1 amide bonds. The van der Waals surface area contributed by atoms with Crippen LogP contribution >= 0.6 is 0 Å². The molecule has 1 heterocycles. The Morgan fingerprint density at radius 2 is 2.45 bits per heavy atom. The van der Waals surface area contributed by atoms with Crippen LogP contribution in [0.2, 0.25) is 0 Å². The summed E-state index contributed by atoms with van der Waals surface area (Å²) in [4.78, 5) is 14.6. The van der Waals surface area contributed by atoms with Gasteiger partial charge in [-0.15, -0.1) is 0 Å². The lowest BCUT2D eigenvalue weighted by Crippen LogP contribution is -2.16. The van der Waals surface area contributed by atoms with E-state index in [9.17, 15) is 4.79 Å². The molecule has 0 fully saturated rings. The van der Waals surface area contributed by atoms with Crippen LogP contribution in [-0.4, -0.2) is 22.5 Å². The topological polar surface area (TPSA) is 72.9 Å². The van der Waals surface area contributed by atoms with Crippen LogP contribution in [0.25, 0.3) is 0 Å². The molecule has 1 rings (SSSR count). The number of amides is 1. The van der Waals surface area contributed by atoms with Gasteiger partial charge in [0.1, 0.15) is 5.82 Å². The van der Waals surface area contributed by atoms with E-state index in [1.165, 1.54) is 0 Å². The number of hydrogen-bond donors (Lipinski definition) is 2. The molecule has 1 aromatic rings. The van der Waals surface area contributed by atoms with Crippen LogP contribution in [-0.2, 0) is 7.05 Å². The van der Waals surface area contributed by atoms with E-state index >= 15 is 0 Å². The summed E-state index contributed by atoms with van der Waals surface area (Å²) in [6.07, 6.45) is 1.69. The van der Waals surface area contributed by atoms with Crippen LogP contribution in [0.15, 0.2) is 6.20 Å². The summed E-state index contributed by atoms with van der Waals surface area (Å²) in [5.74, 6) is 0.379. The fraction of sp³-hybridized carbons (Fsp3) is 0.333. The quantitative estimate of drug-likeness (QED) is 0.606. The molecule has 0 aliphatic carbocycles. The number of nitrogens with zero attached hydrogens (tertiary/aromatic N) is 2. The molecule has 0 atom stereocenters. The van der Waals surface area contributed by atoms with Crippen molar-refractivity contribution in [3.63, 3.8) is 0 Å². The molecule has 3 N–H and O–H groups in total. The minimum Gasteiger partial charge on any atom is -0.372 e. The first kappa shape index (κ1) is 7.59. The van der Waals surface area contributed by atoms with Gasteiger partial charge in [-0.3, -0.25) is 4.79 Å². The number of nitrogens with two attached hydrogens (primary N) is 1. The maximum atomic E-state index is 10.7. The molecule has 0 aromatic carbocycles. The monoisotopic (exact) mass is 154 g/mol. The minimum atomic E-state index is -0.519. The van der Waals surface area contributed by atoms with E-state index in [0.717, 1.165) is 0 Å². The Morgan fingerprint density at radius 1 is 1.82 bits per heavy atom. The number of aryl methyl sites for hydroxylation is 1. The average Bonchev–Trinajstić information content (AvgIpc) is 2.30. The average molecular weight is 154 g/mol. The van der Waals surface area contributed by atoms with Gasteiger partial charge in [0.15, 0.2) is 0 Å². The molecular weight excluding hydrogens is 144 g/mol. The Kier molecular flexibility index (Phi) is 1.80. The summed E-state index contributed by atoms with van der Waals surface area (Å²) in [6, 6.07) is 0. The zero-order chi connectivity index (χ0) is 8.43.